The van der Waals surface area contributed by atoms with Crippen LogP contribution >= 0.6 is 11.6 Å². The molecule has 2 atom stereocenters. The normalized spacial score (nSPS) is 21.0. The maximum atomic E-state index is 12.8. The van der Waals surface area contributed by atoms with Crippen molar-refractivity contribution in [1.82, 2.24) is 14.5 Å². The molecule has 21 heavy (non-hydrogen) atoms. The quantitative estimate of drug-likeness (QED) is 0.818. The number of halogens is 1. The van der Waals surface area contributed by atoms with E-state index in [4.69, 9.17) is 11.6 Å². The summed E-state index contributed by atoms with van der Waals surface area (Å²) in [5.41, 5.74) is 0.752. The van der Waals surface area contributed by atoms with Gasteiger partial charge in [0.25, 0.3) is 5.56 Å². The third-order valence-electron chi connectivity index (χ3n) is 4.18. The van der Waals surface area contributed by atoms with Crippen LogP contribution in [0, 0.1) is 5.92 Å². The topological polar surface area (TPSA) is 38.1 Å². The van der Waals surface area contributed by atoms with Gasteiger partial charge in [0.2, 0.25) is 0 Å². The number of hydrogen-bond acceptors (Lipinski definition) is 3. The Bertz CT molecular complexity index is 710. The number of fused-ring (bicyclic) bond motifs is 1. The fourth-order valence-corrected chi connectivity index (χ4v) is 3.27. The van der Waals surface area contributed by atoms with E-state index >= 15 is 0 Å². The minimum atomic E-state index is -0.276. The number of aromatic nitrogens is 2. The molecule has 0 aliphatic carbocycles. The maximum absolute atomic E-state index is 12.8. The van der Waals surface area contributed by atoms with Gasteiger partial charge in [-0.1, -0.05) is 12.1 Å². The summed E-state index contributed by atoms with van der Waals surface area (Å²) in [6.07, 6.45) is 1.12. The summed E-state index contributed by atoms with van der Waals surface area (Å²) < 4.78 is 1.78. The van der Waals surface area contributed by atoms with Gasteiger partial charge in [-0.05, 0) is 45.0 Å². The van der Waals surface area contributed by atoms with Crippen LogP contribution < -0.4 is 5.56 Å². The number of benzene rings is 1. The zero-order valence-corrected chi connectivity index (χ0v) is 13.2. The van der Waals surface area contributed by atoms with Crippen LogP contribution in [0.2, 0.25) is 0 Å². The van der Waals surface area contributed by atoms with Crippen LogP contribution in [0.25, 0.3) is 10.9 Å². The van der Waals surface area contributed by atoms with Crippen LogP contribution in [0.15, 0.2) is 29.1 Å². The molecule has 2 unspecified atom stereocenters. The SMILES string of the molecule is CC(Cl)c1nc2ccccc2c(=O)n1CC1CCN(C)C1. The molecular formula is C16H20ClN3O. The lowest BCUT2D eigenvalue weighted by atomic mass is 10.1. The molecule has 112 valence electrons. The number of alkyl halides is 1. The summed E-state index contributed by atoms with van der Waals surface area (Å²) >= 11 is 6.26. The number of likely N-dealkylation sites (tertiary alicyclic amines) is 1. The van der Waals surface area contributed by atoms with E-state index in [0.717, 1.165) is 25.0 Å². The molecule has 1 aromatic heterocycles. The lowest BCUT2D eigenvalue weighted by molar-refractivity contribution is 0.372. The fourth-order valence-electron chi connectivity index (χ4n) is 3.10. The van der Waals surface area contributed by atoms with E-state index in [1.807, 2.05) is 31.2 Å². The highest BCUT2D eigenvalue weighted by Crippen LogP contribution is 2.22. The van der Waals surface area contributed by atoms with Gasteiger partial charge in [0.15, 0.2) is 0 Å². The Hall–Kier alpha value is -1.39. The van der Waals surface area contributed by atoms with E-state index in [9.17, 15) is 4.79 Å². The van der Waals surface area contributed by atoms with E-state index in [1.165, 1.54) is 0 Å². The standard InChI is InChI=1S/C16H20ClN3O/c1-11(17)15-18-14-6-4-3-5-13(14)16(21)20(15)10-12-7-8-19(2)9-12/h3-6,11-12H,7-10H2,1-2H3. The smallest absolute Gasteiger partial charge is 0.261 e. The third-order valence-corrected chi connectivity index (χ3v) is 4.37. The van der Waals surface area contributed by atoms with Gasteiger partial charge in [0, 0.05) is 13.1 Å². The second-order valence-corrected chi connectivity index (χ2v) is 6.59. The van der Waals surface area contributed by atoms with Gasteiger partial charge in [0.05, 0.1) is 16.3 Å². The maximum Gasteiger partial charge on any atom is 0.261 e. The molecule has 4 nitrogen and oxygen atoms in total. The largest absolute Gasteiger partial charge is 0.306 e. The van der Waals surface area contributed by atoms with Crippen LogP contribution in [-0.4, -0.2) is 34.6 Å². The van der Waals surface area contributed by atoms with Gasteiger partial charge in [0.1, 0.15) is 5.82 Å². The predicted octanol–water partition coefficient (Wildman–Crippen LogP) is 2.65. The number of nitrogens with zero attached hydrogens (tertiary/aromatic N) is 3. The monoisotopic (exact) mass is 305 g/mol. The minimum absolute atomic E-state index is 0.0256. The van der Waals surface area contributed by atoms with Gasteiger partial charge in [-0.2, -0.15) is 0 Å². The van der Waals surface area contributed by atoms with E-state index in [0.29, 0.717) is 23.7 Å². The lowest BCUT2D eigenvalue weighted by Crippen LogP contribution is -2.29. The Morgan fingerprint density at radius 1 is 1.43 bits per heavy atom. The molecule has 3 rings (SSSR count). The van der Waals surface area contributed by atoms with Crippen molar-refractivity contribution in [2.24, 2.45) is 5.92 Å². The zero-order chi connectivity index (χ0) is 15.0. The second kappa shape index (κ2) is 5.78. The summed E-state index contributed by atoms with van der Waals surface area (Å²) in [7, 11) is 2.12. The molecule has 0 N–H and O–H groups in total. The first-order valence-electron chi connectivity index (χ1n) is 7.38. The Morgan fingerprint density at radius 2 is 2.19 bits per heavy atom. The second-order valence-electron chi connectivity index (χ2n) is 5.94. The summed E-state index contributed by atoms with van der Waals surface area (Å²) in [4.78, 5) is 19.7. The molecule has 0 bridgehead atoms. The van der Waals surface area contributed by atoms with Crippen LogP contribution in [0.1, 0.15) is 24.5 Å². The first-order chi connectivity index (χ1) is 10.1. The van der Waals surface area contributed by atoms with E-state index < -0.39 is 0 Å². The molecule has 0 spiro atoms. The van der Waals surface area contributed by atoms with E-state index in [1.54, 1.807) is 4.57 Å². The van der Waals surface area contributed by atoms with E-state index in [-0.39, 0.29) is 10.9 Å². The highest BCUT2D eigenvalue weighted by molar-refractivity contribution is 6.20. The van der Waals surface area contributed by atoms with Crippen LogP contribution in [0.5, 0.6) is 0 Å². The lowest BCUT2D eigenvalue weighted by Gasteiger charge is -2.18. The van der Waals surface area contributed by atoms with Crippen molar-refractivity contribution in [2.75, 3.05) is 20.1 Å². The molecular weight excluding hydrogens is 286 g/mol. The number of hydrogen-bond donors (Lipinski definition) is 0. The molecule has 1 saturated heterocycles. The minimum Gasteiger partial charge on any atom is -0.306 e. The Morgan fingerprint density at radius 3 is 2.86 bits per heavy atom. The highest BCUT2D eigenvalue weighted by atomic mass is 35.5. The zero-order valence-electron chi connectivity index (χ0n) is 12.4. The molecule has 0 saturated carbocycles. The molecule has 0 amide bonds. The number of rotatable bonds is 3. The van der Waals surface area contributed by atoms with Gasteiger partial charge < -0.3 is 4.90 Å². The summed E-state index contributed by atoms with van der Waals surface area (Å²) in [5.74, 6) is 1.17. The van der Waals surface area contributed by atoms with Gasteiger partial charge in [-0.25, -0.2) is 4.98 Å². The summed E-state index contributed by atoms with van der Waals surface area (Å²) in [6, 6.07) is 7.48. The molecule has 1 fully saturated rings. The summed E-state index contributed by atoms with van der Waals surface area (Å²) in [6.45, 7) is 4.68. The fraction of sp³-hybridized carbons (Fsp3) is 0.500. The van der Waals surface area contributed by atoms with Gasteiger partial charge in [-0.3, -0.25) is 9.36 Å². The molecule has 1 aliphatic rings. The predicted molar refractivity (Wildman–Crippen MR) is 85.9 cm³/mol. The van der Waals surface area contributed by atoms with Crippen molar-refractivity contribution < 1.29 is 0 Å². The third kappa shape index (κ3) is 2.83. The number of para-hydroxylation sites is 1. The van der Waals surface area contributed by atoms with Crippen LogP contribution in [0.3, 0.4) is 0 Å². The van der Waals surface area contributed by atoms with Crippen LogP contribution in [0.4, 0.5) is 0 Å². The molecule has 1 aliphatic heterocycles. The highest BCUT2D eigenvalue weighted by Gasteiger charge is 2.23. The molecule has 1 aromatic carbocycles. The average molecular weight is 306 g/mol. The van der Waals surface area contributed by atoms with Gasteiger partial charge in [-0.15, -0.1) is 11.6 Å². The van der Waals surface area contributed by atoms with Gasteiger partial charge >= 0.3 is 0 Å². The summed E-state index contributed by atoms with van der Waals surface area (Å²) in [5, 5.41) is 0.395. The average Bonchev–Trinajstić information content (AvgIpc) is 2.87. The van der Waals surface area contributed by atoms with Crippen molar-refractivity contribution in [3.8, 4) is 0 Å². The first kappa shape index (κ1) is 14.5. The molecule has 2 heterocycles. The molecule has 2 aromatic rings. The van der Waals surface area contributed by atoms with Crippen molar-refractivity contribution in [1.29, 1.82) is 0 Å². The molecule has 0 radical (unpaired) electrons. The van der Waals surface area contributed by atoms with Crippen LogP contribution in [-0.2, 0) is 6.54 Å². The Labute approximate surface area is 129 Å². The van der Waals surface area contributed by atoms with Crippen molar-refractivity contribution in [3.05, 3.63) is 40.4 Å². The Balaban J connectivity index is 2.08. The first-order valence-corrected chi connectivity index (χ1v) is 7.82. The van der Waals surface area contributed by atoms with Crippen molar-refractivity contribution >= 4 is 22.5 Å². The Kier molecular flexibility index (Phi) is 4.00. The van der Waals surface area contributed by atoms with E-state index in [2.05, 4.69) is 16.9 Å². The van der Waals surface area contributed by atoms with Crippen molar-refractivity contribution in [2.45, 2.75) is 25.3 Å². The molecule has 5 heteroatoms. The van der Waals surface area contributed by atoms with Crippen molar-refractivity contribution in [3.63, 3.8) is 0 Å².